The molecule has 0 saturated carbocycles. The van der Waals surface area contributed by atoms with Gasteiger partial charge in [0.25, 0.3) is 5.69 Å². The van der Waals surface area contributed by atoms with Gasteiger partial charge in [-0.2, -0.15) is 19.8 Å². The molecular formula is C21H31N9. The lowest BCUT2D eigenvalue weighted by atomic mass is 9.91. The van der Waals surface area contributed by atoms with Crippen LogP contribution in [0.3, 0.4) is 0 Å². The molecule has 0 unspecified atom stereocenters. The molecule has 3 aromatic rings. The molecule has 0 radical (unpaired) electrons. The molecule has 0 aliphatic rings. The average molecular weight is 410 g/mol. The zero-order valence-corrected chi connectivity index (χ0v) is 19.6. The molecule has 3 heterocycles. The van der Waals surface area contributed by atoms with Crippen LogP contribution in [-0.4, -0.2) is 29.2 Å². The van der Waals surface area contributed by atoms with Gasteiger partial charge in [-0.3, -0.25) is 4.68 Å². The van der Waals surface area contributed by atoms with Crippen LogP contribution in [0.4, 0.5) is 17.2 Å². The molecule has 0 aliphatic heterocycles. The van der Waals surface area contributed by atoms with E-state index in [1.807, 2.05) is 32.3 Å². The zero-order chi connectivity index (χ0) is 22.6. The molecule has 0 atom stereocenters. The highest BCUT2D eigenvalue weighted by Crippen LogP contribution is 2.41. The molecule has 0 amide bonds. The SMILES string of the molecule is [C-]#[N+]c1c(C(C)(C)C)nn(C)c1/N=N/c1c(C(C)(C)C)nn2c(C(C)C)nn(C)c12. The summed E-state index contributed by atoms with van der Waals surface area (Å²) in [5.41, 5.74) is 2.94. The summed E-state index contributed by atoms with van der Waals surface area (Å²) in [6, 6.07) is 0. The third-order valence-corrected chi connectivity index (χ3v) is 4.90. The van der Waals surface area contributed by atoms with Gasteiger partial charge in [0.2, 0.25) is 0 Å². The van der Waals surface area contributed by atoms with Gasteiger partial charge in [0.05, 0.1) is 18.0 Å². The summed E-state index contributed by atoms with van der Waals surface area (Å²) in [4.78, 5) is 3.71. The molecule has 0 bridgehead atoms. The molecule has 9 heteroatoms. The number of fused-ring (bicyclic) bond motifs is 1. The molecular weight excluding hydrogens is 378 g/mol. The van der Waals surface area contributed by atoms with Crippen molar-refractivity contribution in [1.82, 2.24) is 29.2 Å². The average Bonchev–Trinajstić information content (AvgIpc) is 3.23. The van der Waals surface area contributed by atoms with E-state index in [0.29, 0.717) is 22.9 Å². The van der Waals surface area contributed by atoms with Crippen LogP contribution in [0.25, 0.3) is 10.5 Å². The Balaban J connectivity index is 2.26. The molecule has 3 rings (SSSR count). The first-order valence-electron chi connectivity index (χ1n) is 10.1. The van der Waals surface area contributed by atoms with Gasteiger partial charge in [-0.05, 0) is 5.41 Å². The quantitative estimate of drug-likeness (QED) is 0.424. The Labute approximate surface area is 177 Å². The van der Waals surface area contributed by atoms with Crippen molar-refractivity contribution in [1.29, 1.82) is 0 Å². The highest BCUT2D eigenvalue weighted by Gasteiger charge is 2.30. The molecule has 0 aromatic carbocycles. The lowest BCUT2D eigenvalue weighted by Crippen LogP contribution is -2.13. The van der Waals surface area contributed by atoms with Crippen LogP contribution >= 0.6 is 0 Å². The molecule has 0 fully saturated rings. The summed E-state index contributed by atoms with van der Waals surface area (Å²) in [6.07, 6.45) is 0. The van der Waals surface area contributed by atoms with E-state index in [4.69, 9.17) is 11.7 Å². The molecule has 30 heavy (non-hydrogen) atoms. The van der Waals surface area contributed by atoms with E-state index in [0.717, 1.165) is 17.2 Å². The van der Waals surface area contributed by atoms with Crippen LogP contribution in [-0.2, 0) is 24.9 Å². The minimum Gasteiger partial charge on any atom is -0.260 e. The maximum absolute atomic E-state index is 7.67. The first-order valence-corrected chi connectivity index (χ1v) is 10.1. The smallest absolute Gasteiger partial charge is 0.255 e. The van der Waals surface area contributed by atoms with E-state index < -0.39 is 0 Å². The van der Waals surface area contributed by atoms with Crippen LogP contribution in [0.1, 0.15) is 78.5 Å². The van der Waals surface area contributed by atoms with Crippen molar-refractivity contribution < 1.29 is 0 Å². The van der Waals surface area contributed by atoms with Crippen molar-refractivity contribution in [2.45, 2.75) is 72.1 Å². The van der Waals surface area contributed by atoms with Gasteiger partial charge < -0.3 is 0 Å². The molecule has 0 aliphatic carbocycles. The number of rotatable bonds is 3. The number of aromatic nitrogens is 6. The van der Waals surface area contributed by atoms with Gasteiger partial charge in [-0.25, -0.2) is 9.53 Å². The topological polar surface area (TPSA) is 82.0 Å². The summed E-state index contributed by atoms with van der Waals surface area (Å²) >= 11 is 0. The second-order valence-corrected chi connectivity index (χ2v) is 10.0. The van der Waals surface area contributed by atoms with Gasteiger partial charge in [-0.15, -0.1) is 10.2 Å². The Morgan fingerprint density at radius 3 is 1.97 bits per heavy atom. The van der Waals surface area contributed by atoms with Gasteiger partial charge in [-0.1, -0.05) is 55.4 Å². The molecule has 0 N–H and O–H groups in total. The van der Waals surface area contributed by atoms with E-state index in [2.05, 4.69) is 59.9 Å². The maximum Gasteiger partial charge on any atom is 0.255 e. The van der Waals surface area contributed by atoms with Crippen LogP contribution < -0.4 is 0 Å². The lowest BCUT2D eigenvalue weighted by molar-refractivity contribution is 0.555. The summed E-state index contributed by atoms with van der Waals surface area (Å²) in [5, 5.41) is 23.1. The van der Waals surface area contributed by atoms with Crippen molar-refractivity contribution in [2.24, 2.45) is 24.3 Å². The Bertz CT molecular complexity index is 1160. The number of azo groups is 1. The van der Waals surface area contributed by atoms with Crippen LogP contribution in [0.15, 0.2) is 10.2 Å². The molecule has 0 spiro atoms. The third kappa shape index (κ3) is 3.51. The standard InChI is InChI=1S/C21H31N9/c1-12(2)17-27-29(11)19-14(16(21(6,7)8)26-30(17)19)23-24-18-13(22-9)15(20(3,4)5)25-28(18)10/h12H,1-8,10-11H3/b24-23+. The Hall–Kier alpha value is -3.02. The van der Waals surface area contributed by atoms with Gasteiger partial charge in [0.1, 0.15) is 0 Å². The summed E-state index contributed by atoms with van der Waals surface area (Å²) in [7, 11) is 3.68. The van der Waals surface area contributed by atoms with Crippen molar-refractivity contribution in [3.63, 3.8) is 0 Å². The van der Waals surface area contributed by atoms with Crippen LogP contribution in [0.5, 0.6) is 0 Å². The molecule has 160 valence electrons. The number of nitrogens with zero attached hydrogens (tertiary/aromatic N) is 9. The largest absolute Gasteiger partial charge is 0.260 e. The van der Waals surface area contributed by atoms with E-state index in [1.54, 1.807) is 16.4 Å². The van der Waals surface area contributed by atoms with Crippen molar-refractivity contribution in [3.8, 4) is 0 Å². The van der Waals surface area contributed by atoms with Gasteiger partial charge >= 0.3 is 0 Å². The van der Waals surface area contributed by atoms with Crippen molar-refractivity contribution in [3.05, 3.63) is 28.6 Å². The van der Waals surface area contributed by atoms with Gasteiger partial charge in [0.15, 0.2) is 23.0 Å². The maximum atomic E-state index is 7.67. The highest BCUT2D eigenvalue weighted by molar-refractivity contribution is 5.71. The number of hydrogen-bond acceptors (Lipinski definition) is 5. The third-order valence-electron chi connectivity index (χ3n) is 4.90. The zero-order valence-electron chi connectivity index (χ0n) is 19.6. The van der Waals surface area contributed by atoms with E-state index in [1.165, 1.54) is 0 Å². The van der Waals surface area contributed by atoms with Crippen LogP contribution in [0, 0.1) is 6.57 Å². The second kappa shape index (κ2) is 7.04. The number of hydrogen-bond donors (Lipinski definition) is 0. The first-order chi connectivity index (χ1) is 13.8. The molecule has 0 saturated heterocycles. The normalized spacial score (nSPS) is 13.1. The van der Waals surface area contributed by atoms with E-state index >= 15 is 0 Å². The van der Waals surface area contributed by atoms with Gasteiger partial charge in [0, 0.05) is 25.4 Å². The Morgan fingerprint density at radius 2 is 1.47 bits per heavy atom. The minimum absolute atomic E-state index is 0.214. The van der Waals surface area contributed by atoms with E-state index in [-0.39, 0.29) is 16.7 Å². The minimum atomic E-state index is -0.263. The summed E-state index contributed by atoms with van der Waals surface area (Å²) < 4.78 is 5.28. The fourth-order valence-electron chi connectivity index (χ4n) is 3.37. The monoisotopic (exact) mass is 409 g/mol. The van der Waals surface area contributed by atoms with Crippen LogP contribution in [0.2, 0.25) is 0 Å². The lowest BCUT2D eigenvalue weighted by Gasteiger charge is -2.15. The predicted molar refractivity (Wildman–Crippen MR) is 117 cm³/mol. The van der Waals surface area contributed by atoms with Crippen molar-refractivity contribution >= 4 is 22.8 Å². The molecule has 3 aromatic heterocycles. The summed E-state index contributed by atoms with van der Waals surface area (Å²) in [5.74, 6) is 1.53. The fraction of sp³-hybridized carbons (Fsp3) is 0.619. The predicted octanol–water partition coefficient (Wildman–Crippen LogP) is 5.49. The molecule has 9 nitrogen and oxygen atoms in total. The summed E-state index contributed by atoms with van der Waals surface area (Å²) in [6.45, 7) is 24.3. The Morgan fingerprint density at radius 1 is 0.867 bits per heavy atom. The van der Waals surface area contributed by atoms with Crippen molar-refractivity contribution in [2.75, 3.05) is 0 Å². The number of aryl methyl sites for hydroxylation is 2. The second-order valence-electron chi connectivity index (χ2n) is 10.0. The highest BCUT2D eigenvalue weighted by atomic mass is 15.5. The van der Waals surface area contributed by atoms with E-state index in [9.17, 15) is 0 Å². The Kier molecular flexibility index (Phi) is 5.09. The first kappa shape index (κ1) is 21.7. The fourth-order valence-corrected chi connectivity index (χ4v) is 3.37.